The van der Waals surface area contributed by atoms with Crippen molar-refractivity contribution in [3.8, 4) is 22.0 Å². The summed E-state index contributed by atoms with van der Waals surface area (Å²) in [6.45, 7) is 1.67. The van der Waals surface area contributed by atoms with Crippen LogP contribution in [0.2, 0.25) is 0 Å². The summed E-state index contributed by atoms with van der Waals surface area (Å²) in [4.78, 5) is 30.2. The molecule has 1 atom stereocenters. The molecular formula is C28H19F3N6O2S. The lowest BCUT2D eigenvalue weighted by atomic mass is 9.95. The number of Topliss-reactive ketones (excluding diaryl/α,β-unsaturated/α-hetero) is 1. The number of aromatic nitrogens is 5. The molecular weight excluding hydrogens is 541 g/mol. The van der Waals surface area contributed by atoms with Crippen LogP contribution in [0.3, 0.4) is 0 Å². The van der Waals surface area contributed by atoms with Crippen molar-refractivity contribution in [1.82, 2.24) is 25.1 Å². The van der Waals surface area contributed by atoms with E-state index >= 15 is 0 Å². The maximum Gasteiger partial charge on any atom is 0.443 e. The van der Waals surface area contributed by atoms with Crippen molar-refractivity contribution in [2.24, 2.45) is 4.99 Å². The Labute approximate surface area is 229 Å². The van der Waals surface area contributed by atoms with Gasteiger partial charge in [-0.1, -0.05) is 54.6 Å². The largest absolute Gasteiger partial charge is 0.443 e. The van der Waals surface area contributed by atoms with Crippen LogP contribution in [0.1, 0.15) is 33.4 Å². The van der Waals surface area contributed by atoms with E-state index < -0.39 is 17.2 Å². The molecule has 1 aliphatic heterocycles. The number of hydrogen-bond donors (Lipinski definition) is 0. The van der Waals surface area contributed by atoms with Gasteiger partial charge in [-0.15, -0.1) is 21.5 Å². The average Bonchev–Trinajstić information content (AvgIpc) is 3.57. The number of nitrogens with zero attached hydrogens (tertiary/aromatic N) is 6. The first-order chi connectivity index (χ1) is 19.3. The van der Waals surface area contributed by atoms with Gasteiger partial charge >= 0.3 is 6.18 Å². The van der Waals surface area contributed by atoms with Gasteiger partial charge in [0.25, 0.3) is 5.89 Å². The first-order valence-corrected chi connectivity index (χ1v) is 13.0. The summed E-state index contributed by atoms with van der Waals surface area (Å²) in [5.74, 6) is 0.192. The molecule has 0 aliphatic carbocycles. The molecule has 0 radical (unpaired) electrons. The molecule has 0 saturated heterocycles. The minimum absolute atomic E-state index is 0.0185. The van der Waals surface area contributed by atoms with E-state index in [0.29, 0.717) is 28.4 Å². The summed E-state index contributed by atoms with van der Waals surface area (Å²) >= 11 is 0.439. The lowest BCUT2D eigenvalue weighted by molar-refractivity contribution is -0.137. The van der Waals surface area contributed by atoms with Crippen LogP contribution in [-0.2, 0) is 23.8 Å². The summed E-state index contributed by atoms with van der Waals surface area (Å²) < 4.78 is 46.5. The van der Waals surface area contributed by atoms with Gasteiger partial charge in [0.05, 0.1) is 17.0 Å². The maximum absolute atomic E-state index is 13.6. The number of fused-ring (bicyclic) bond motifs is 1. The first-order valence-electron chi connectivity index (χ1n) is 12.2. The quantitative estimate of drug-likeness (QED) is 0.277. The Kier molecular flexibility index (Phi) is 6.54. The molecule has 0 fully saturated rings. The molecule has 0 N–H and O–H groups in total. The van der Waals surface area contributed by atoms with E-state index in [0.717, 1.165) is 16.7 Å². The summed E-state index contributed by atoms with van der Waals surface area (Å²) in [5, 5.41) is 6.95. The third kappa shape index (κ3) is 5.05. The molecule has 2 aromatic carbocycles. The second-order valence-corrected chi connectivity index (χ2v) is 10.1. The Morgan fingerprint density at radius 3 is 2.45 bits per heavy atom. The minimum Gasteiger partial charge on any atom is -0.419 e. The Balaban J connectivity index is 1.36. The molecule has 12 heteroatoms. The van der Waals surface area contributed by atoms with Gasteiger partial charge in [0.2, 0.25) is 5.89 Å². The number of aliphatic imine (C=N–C) groups is 1. The highest BCUT2D eigenvalue weighted by Gasteiger charge is 2.37. The molecule has 0 bridgehead atoms. The number of alkyl halides is 3. The zero-order valence-corrected chi connectivity index (χ0v) is 21.7. The molecule has 0 spiro atoms. The van der Waals surface area contributed by atoms with Crippen LogP contribution in [-0.4, -0.2) is 42.7 Å². The van der Waals surface area contributed by atoms with Gasteiger partial charge in [-0.2, -0.15) is 13.2 Å². The number of hydrogen-bond acceptors (Lipinski definition) is 9. The number of carbonyl (C=O) groups is 1. The fraction of sp³-hybridized carbons (Fsp3) is 0.179. The van der Waals surface area contributed by atoms with Crippen molar-refractivity contribution in [2.75, 3.05) is 0 Å². The van der Waals surface area contributed by atoms with Gasteiger partial charge in [0.15, 0.2) is 10.8 Å². The van der Waals surface area contributed by atoms with Crippen LogP contribution in [0.25, 0.3) is 22.0 Å². The van der Waals surface area contributed by atoms with Crippen LogP contribution >= 0.6 is 11.3 Å². The van der Waals surface area contributed by atoms with Gasteiger partial charge in [-0.3, -0.25) is 9.79 Å². The molecule has 8 nitrogen and oxygen atoms in total. The Morgan fingerprint density at radius 1 is 0.975 bits per heavy atom. The number of aryl methyl sites for hydroxylation is 1. The number of thiazole rings is 1. The third-order valence-electron chi connectivity index (χ3n) is 6.29. The minimum atomic E-state index is -4.67. The fourth-order valence-electron chi connectivity index (χ4n) is 4.38. The summed E-state index contributed by atoms with van der Waals surface area (Å²) in [6, 6.07) is 16.3. The molecule has 3 aromatic heterocycles. The van der Waals surface area contributed by atoms with E-state index in [1.165, 1.54) is 12.4 Å². The van der Waals surface area contributed by atoms with Crippen LogP contribution in [0, 0.1) is 6.92 Å². The van der Waals surface area contributed by atoms with Crippen LogP contribution in [0.15, 0.2) is 76.4 Å². The van der Waals surface area contributed by atoms with E-state index in [-0.39, 0.29) is 41.0 Å². The van der Waals surface area contributed by atoms with Gasteiger partial charge in [0, 0.05) is 35.5 Å². The van der Waals surface area contributed by atoms with Crippen molar-refractivity contribution in [3.63, 3.8) is 0 Å². The Hall–Kier alpha value is -4.58. The van der Waals surface area contributed by atoms with E-state index in [2.05, 4.69) is 25.1 Å². The lowest BCUT2D eigenvalue weighted by Gasteiger charge is -2.10. The number of ketones is 1. The van der Waals surface area contributed by atoms with Crippen LogP contribution < -0.4 is 0 Å². The second-order valence-electron chi connectivity index (χ2n) is 9.08. The molecule has 40 heavy (non-hydrogen) atoms. The van der Waals surface area contributed by atoms with Gasteiger partial charge < -0.3 is 4.42 Å². The standard InChI is InChI=1S/C28H19F3N6O2S/c1-15-32-13-18(14-33-15)25-24(35-27(40-25)28(29,30)31)26-37-36-22(39-26)12-20-21(38)11-17-9-5-6-10-19(17)23(34-20)16-7-3-2-4-8-16/h2-10,13-14,20H,11-12H2,1H3. The van der Waals surface area contributed by atoms with E-state index in [4.69, 9.17) is 9.41 Å². The zero-order valence-electron chi connectivity index (χ0n) is 20.9. The monoisotopic (exact) mass is 560 g/mol. The van der Waals surface area contributed by atoms with E-state index in [9.17, 15) is 18.0 Å². The van der Waals surface area contributed by atoms with Crippen LogP contribution in [0.4, 0.5) is 13.2 Å². The lowest BCUT2D eigenvalue weighted by Crippen LogP contribution is -2.23. The van der Waals surface area contributed by atoms with Crippen LogP contribution in [0.5, 0.6) is 0 Å². The number of benzene rings is 2. The van der Waals surface area contributed by atoms with E-state index in [1.807, 2.05) is 54.6 Å². The van der Waals surface area contributed by atoms with Crippen molar-refractivity contribution in [2.45, 2.75) is 32.0 Å². The van der Waals surface area contributed by atoms with Crippen molar-refractivity contribution in [3.05, 3.63) is 100 Å². The van der Waals surface area contributed by atoms with E-state index in [1.54, 1.807) is 6.92 Å². The molecule has 0 amide bonds. The molecule has 200 valence electrons. The zero-order chi connectivity index (χ0) is 27.9. The molecule has 6 rings (SSSR count). The third-order valence-corrected chi connectivity index (χ3v) is 7.44. The first kappa shape index (κ1) is 25.7. The normalized spacial score (nSPS) is 15.4. The fourth-order valence-corrected chi connectivity index (χ4v) is 5.28. The van der Waals surface area contributed by atoms with Crippen molar-refractivity contribution >= 4 is 22.8 Å². The van der Waals surface area contributed by atoms with Crippen molar-refractivity contribution in [1.29, 1.82) is 0 Å². The summed E-state index contributed by atoms with van der Waals surface area (Å²) in [5.41, 5.74) is 3.45. The summed E-state index contributed by atoms with van der Waals surface area (Å²) in [6.07, 6.45) is -1.69. The van der Waals surface area contributed by atoms with Crippen molar-refractivity contribution < 1.29 is 22.4 Å². The molecule has 0 saturated carbocycles. The topological polar surface area (TPSA) is 107 Å². The SMILES string of the molecule is Cc1ncc(-c2sc(C(F)(F)F)nc2-c2nnc(CC3N=C(c4ccccc4)c4ccccc4CC3=O)o2)cn1. The Bertz CT molecular complexity index is 1730. The predicted octanol–water partition coefficient (Wildman–Crippen LogP) is 5.55. The van der Waals surface area contributed by atoms with Gasteiger partial charge in [-0.25, -0.2) is 15.0 Å². The average molecular weight is 561 g/mol. The number of rotatable bonds is 5. The highest BCUT2D eigenvalue weighted by atomic mass is 32.1. The number of halogens is 3. The second kappa shape index (κ2) is 10.2. The predicted molar refractivity (Wildman–Crippen MR) is 141 cm³/mol. The number of carbonyl (C=O) groups excluding carboxylic acids is 1. The highest BCUT2D eigenvalue weighted by molar-refractivity contribution is 7.15. The smallest absolute Gasteiger partial charge is 0.419 e. The molecule has 1 aliphatic rings. The van der Waals surface area contributed by atoms with Gasteiger partial charge in [0.1, 0.15) is 17.6 Å². The molecule has 5 aromatic rings. The molecule has 4 heterocycles. The highest BCUT2D eigenvalue weighted by Crippen LogP contribution is 2.42. The Morgan fingerprint density at radius 2 is 1.70 bits per heavy atom. The van der Waals surface area contributed by atoms with Gasteiger partial charge in [-0.05, 0) is 12.5 Å². The summed E-state index contributed by atoms with van der Waals surface area (Å²) in [7, 11) is 0. The molecule has 1 unspecified atom stereocenters. The maximum atomic E-state index is 13.6.